The number of carbonyl (C=O) groups is 1. The molecule has 0 fully saturated rings. The Kier molecular flexibility index (Phi) is 6.36. The highest BCUT2D eigenvalue weighted by Crippen LogP contribution is 2.13. The highest BCUT2D eigenvalue weighted by Gasteiger charge is 2.14. The lowest BCUT2D eigenvalue weighted by Crippen LogP contribution is -2.33. The molecule has 1 rings (SSSR count). The normalized spacial score (nSPS) is 12.5. The van der Waals surface area contributed by atoms with Gasteiger partial charge in [-0.25, -0.2) is 4.79 Å². The topological polar surface area (TPSA) is 29.5 Å². The van der Waals surface area contributed by atoms with Gasteiger partial charge in [0.15, 0.2) is 0 Å². The van der Waals surface area contributed by atoms with Crippen molar-refractivity contribution in [1.29, 1.82) is 0 Å². The Morgan fingerprint density at radius 1 is 1.39 bits per heavy atom. The van der Waals surface area contributed by atoms with Crippen LogP contribution in [0.25, 0.3) is 0 Å². The van der Waals surface area contributed by atoms with Crippen molar-refractivity contribution in [3.63, 3.8) is 0 Å². The van der Waals surface area contributed by atoms with Gasteiger partial charge in [0.2, 0.25) is 0 Å². The molecule has 0 spiro atoms. The van der Waals surface area contributed by atoms with Gasteiger partial charge in [-0.1, -0.05) is 35.8 Å². The Balaban J connectivity index is 2.54. The van der Waals surface area contributed by atoms with Crippen LogP contribution in [0, 0.1) is 0 Å². The lowest BCUT2D eigenvalue weighted by atomic mass is 10.2. The summed E-state index contributed by atoms with van der Waals surface area (Å²) in [5, 5.41) is 0. The first-order valence-corrected chi connectivity index (χ1v) is 7.05. The first kappa shape index (κ1) is 15.2. The lowest BCUT2D eigenvalue weighted by Gasteiger charge is -2.22. The molecule has 3 nitrogen and oxygen atoms in total. The summed E-state index contributed by atoms with van der Waals surface area (Å²) in [6, 6.07) is 7.25. The number of hydrogen-bond donors (Lipinski definition) is 0. The van der Waals surface area contributed by atoms with E-state index >= 15 is 0 Å². The molecule has 0 heterocycles. The minimum absolute atomic E-state index is 0.101. The number of ether oxygens (including phenoxy) is 1. The number of carbonyl (C=O) groups excluding carboxylic acids is 1. The molecule has 1 aromatic rings. The number of likely N-dealkylation sites (N-methyl/N-ethyl adjacent to an activating group) is 1. The third-order valence-corrected chi connectivity index (χ3v) is 3.27. The molecule has 0 unspecified atom stereocenters. The monoisotopic (exact) mass is 313 g/mol. The zero-order valence-corrected chi connectivity index (χ0v) is 12.7. The predicted molar refractivity (Wildman–Crippen MR) is 76.8 cm³/mol. The Labute approximate surface area is 117 Å². The van der Waals surface area contributed by atoms with Gasteiger partial charge < -0.3 is 9.64 Å². The summed E-state index contributed by atoms with van der Waals surface area (Å²) >= 11 is 3.34. The van der Waals surface area contributed by atoms with E-state index in [1.54, 1.807) is 12.1 Å². The SMILES string of the molecule is CCN(CC)C[C@H](C)OC(=O)c1cccc(Br)c1. The Morgan fingerprint density at radius 3 is 2.61 bits per heavy atom. The molecule has 1 atom stereocenters. The number of hydrogen-bond acceptors (Lipinski definition) is 3. The summed E-state index contributed by atoms with van der Waals surface area (Å²) in [4.78, 5) is 14.1. The molecule has 0 amide bonds. The largest absolute Gasteiger partial charge is 0.458 e. The first-order valence-electron chi connectivity index (χ1n) is 6.25. The second-order valence-electron chi connectivity index (χ2n) is 4.21. The van der Waals surface area contributed by atoms with Crippen LogP contribution in [0.3, 0.4) is 0 Å². The third-order valence-electron chi connectivity index (χ3n) is 2.78. The summed E-state index contributed by atoms with van der Waals surface area (Å²) in [7, 11) is 0. The van der Waals surface area contributed by atoms with Crippen molar-refractivity contribution in [3.05, 3.63) is 34.3 Å². The fourth-order valence-electron chi connectivity index (χ4n) is 1.75. The molecule has 0 N–H and O–H groups in total. The van der Waals surface area contributed by atoms with E-state index in [1.807, 2.05) is 19.1 Å². The highest BCUT2D eigenvalue weighted by atomic mass is 79.9. The Morgan fingerprint density at radius 2 is 2.06 bits per heavy atom. The van der Waals surface area contributed by atoms with E-state index in [9.17, 15) is 4.79 Å². The van der Waals surface area contributed by atoms with Gasteiger partial charge in [0.1, 0.15) is 6.10 Å². The number of halogens is 1. The van der Waals surface area contributed by atoms with Crippen LogP contribution >= 0.6 is 15.9 Å². The van der Waals surface area contributed by atoms with Crippen LogP contribution in [-0.2, 0) is 4.74 Å². The summed E-state index contributed by atoms with van der Waals surface area (Å²) in [6.45, 7) is 8.84. The number of benzene rings is 1. The second-order valence-corrected chi connectivity index (χ2v) is 5.13. The van der Waals surface area contributed by atoms with Crippen molar-refractivity contribution >= 4 is 21.9 Å². The molecule has 0 aliphatic heterocycles. The molecule has 0 aliphatic carbocycles. The minimum atomic E-state index is -0.268. The zero-order valence-electron chi connectivity index (χ0n) is 11.1. The molecular formula is C14H20BrNO2. The van der Waals surface area contributed by atoms with Gasteiger partial charge in [-0.2, -0.15) is 0 Å². The Bertz CT molecular complexity index is 391. The summed E-state index contributed by atoms with van der Waals surface area (Å²) < 4.78 is 6.31. The van der Waals surface area contributed by atoms with E-state index in [4.69, 9.17) is 4.74 Å². The van der Waals surface area contributed by atoms with Crippen LogP contribution in [0.2, 0.25) is 0 Å². The van der Waals surface area contributed by atoms with Crippen molar-refractivity contribution in [2.75, 3.05) is 19.6 Å². The first-order chi connectivity index (χ1) is 8.56. The average Bonchev–Trinajstić information content (AvgIpc) is 2.35. The highest BCUT2D eigenvalue weighted by molar-refractivity contribution is 9.10. The van der Waals surface area contributed by atoms with E-state index < -0.39 is 0 Å². The molecular weight excluding hydrogens is 294 g/mol. The number of esters is 1. The maximum absolute atomic E-state index is 11.9. The van der Waals surface area contributed by atoms with Crippen LogP contribution in [-0.4, -0.2) is 36.6 Å². The molecule has 0 saturated carbocycles. The molecule has 0 radical (unpaired) electrons. The molecule has 0 bridgehead atoms. The molecule has 1 aromatic carbocycles. The predicted octanol–water partition coefficient (Wildman–Crippen LogP) is 3.34. The van der Waals surface area contributed by atoms with Gasteiger partial charge in [-0.3, -0.25) is 0 Å². The standard InChI is InChI=1S/C14H20BrNO2/c1-4-16(5-2)10-11(3)18-14(17)12-7-6-8-13(15)9-12/h6-9,11H,4-5,10H2,1-3H3/t11-/m0/s1. The van der Waals surface area contributed by atoms with Gasteiger partial charge in [-0.05, 0) is 38.2 Å². The minimum Gasteiger partial charge on any atom is -0.458 e. The van der Waals surface area contributed by atoms with Gasteiger partial charge in [0.25, 0.3) is 0 Å². The van der Waals surface area contributed by atoms with Gasteiger partial charge in [0, 0.05) is 11.0 Å². The van der Waals surface area contributed by atoms with Crippen molar-refractivity contribution in [2.24, 2.45) is 0 Å². The van der Waals surface area contributed by atoms with Crippen molar-refractivity contribution in [1.82, 2.24) is 4.90 Å². The summed E-state index contributed by atoms with van der Waals surface area (Å²) in [5.74, 6) is -0.268. The van der Waals surface area contributed by atoms with Gasteiger partial charge in [-0.15, -0.1) is 0 Å². The maximum atomic E-state index is 11.9. The number of rotatable bonds is 6. The molecule has 18 heavy (non-hydrogen) atoms. The molecule has 0 aromatic heterocycles. The van der Waals surface area contributed by atoms with Crippen LogP contribution in [0.4, 0.5) is 0 Å². The maximum Gasteiger partial charge on any atom is 0.338 e. The molecule has 4 heteroatoms. The average molecular weight is 314 g/mol. The van der Waals surface area contributed by atoms with Crippen LogP contribution in [0.15, 0.2) is 28.7 Å². The van der Waals surface area contributed by atoms with E-state index in [2.05, 4.69) is 34.7 Å². The van der Waals surface area contributed by atoms with Crippen LogP contribution in [0.1, 0.15) is 31.1 Å². The summed E-state index contributed by atoms with van der Waals surface area (Å²) in [5.41, 5.74) is 0.579. The van der Waals surface area contributed by atoms with Crippen molar-refractivity contribution in [3.8, 4) is 0 Å². The van der Waals surface area contributed by atoms with Crippen molar-refractivity contribution in [2.45, 2.75) is 26.9 Å². The summed E-state index contributed by atoms with van der Waals surface area (Å²) in [6.07, 6.45) is -0.101. The van der Waals surface area contributed by atoms with E-state index in [0.717, 1.165) is 24.1 Å². The van der Waals surface area contributed by atoms with E-state index in [0.29, 0.717) is 5.56 Å². The van der Waals surface area contributed by atoms with E-state index in [1.165, 1.54) is 0 Å². The quantitative estimate of drug-likeness (QED) is 0.754. The van der Waals surface area contributed by atoms with Crippen molar-refractivity contribution < 1.29 is 9.53 Å². The third kappa shape index (κ3) is 4.78. The molecule has 100 valence electrons. The smallest absolute Gasteiger partial charge is 0.338 e. The zero-order chi connectivity index (χ0) is 13.5. The fourth-order valence-corrected chi connectivity index (χ4v) is 2.15. The lowest BCUT2D eigenvalue weighted by molar-refractivity contribution is 0.0260. The number of nitrogens with zero attached hydrogens (tertiary/aromatic N) is 1. The van der Waals surface area contributed by atoms with E-state index in [-0.39, 0.29) is 12.1 Å². The Hall–Kier alpha value is -0.870. The van der Waals surface area contributed by atoms with Crippen LogP contribution < -0.4 is 0 Å². The fraction of sp³-hybridized carbons (Fsp3) is 0.500. The second kappa shape index (κ2) is 7.54. The van der Waals surface area contributed by atoms with Gasteiger partial charge in [0.05, 0.1) is 5.56 Å². The molecule has 0 aliphatic rings. The molecule has 0 saturated heterocycles. The van der Waals surface area contributed by atoms with Crippen LogP contribution in [0.5, 0.6) is 0 Å². The van der Waals surface area contributed by atoms with Gasteiger partial charge >= 0.3 is 5.97 Å².